The molecule has 2 amide bonds. The number of aromatic nitrogens is 3. The lowest BCUT2D eigenvalue weighted by Crippen LogP contribution is -2.36. The number of hydrogen-bond acceptors (Lipinski definition) is 3. The molecule has 24 heavy (non-hydrogen) atoms. The normalized spacial score (nSPS) is 11.0. The fourth-order valence-electron chi connectivity index (χ4n) is 2.85. The molecule has 2 heterocycles. The first-order chi connectivity index (χ1) is 11.3. The maximum Gasteiger partial charge on any atom is 0.331 e. The molecule has 1 aromatic carbocycles. The minimum absolute atomic E-state index is 0.336. The average molecular weight is 327 g/mol. The molecule has 3 rings (SSSR count). The first-order valence-electron chi connectivity index (χ1n) is 7.26. The molecule has 3 aromatic rings. The number of nitrogens with one attached hydrogen (secondary N) is 1. The molecule has 8 heteroatoms. The molecular formula is C16H17N5O3. The van der Waals surface area contributed by atoms with Crippen molar-refractivity contribution < 1.29 is 4.79 Å². The summed E-state index contributed by atoms with van der Waals surface area (Å²) in [4.78, 5) is 36.2. The highest BCUT2D eigenvalue weighted by Crippen LogP contribution is 2.29. The van der Waals surface area contributed by atoms with Gasteiger partial charge in [-0.05, 0) is 12.5 Å². The second-order valence-electron chi connectivity index (χ2n) is 5.60. The van der Waals surface area contributed by atoms with Crippen LogP contribution < -0.4 is 22.4 Å². The maximum atomic E-state index is 12.7. The minimum atomic E-state index is -0.771. The molecule has 124 valence electrons. The topological polar surface area (TPSA) is 104 Å². The van der Waals surface area contributed by atoms with Crippen LogP contribution in [-0.4, -0.2) is 19.8 Å². The molecule has 0 bridgehead atoms. The number of aryl methyl sites for hydroxylation is 2. The van der Waals surface area contributed by atoms with E-state index < -0.39 is 17.3 Å². The van der Waals surface area contributed by atoms with Crippen molar-refractivity contribution in [2.45, 2.75) is 6.92 Å². The Morgan fingerprint density at radius 3 is 2.42 bits per heavy atom. The molecule has 0 saturated carbocycles. The zero-order chi connectivity index (χ0) is 17.6. The van der Waals surface area contributed by atoms with Crippen LogP contribution in [-0.2, 0) is 14.1 Å². The molecule has 0 radical (unpaired) electrons. The van der Waals surface area contributed by atoms with E-state index in [1.54, 1.807) is 7.05 Å². The van der Waals surface area contributed by atoms with Crippen LogP contribution in [0.2, 0.25) is 0 Å². The van der Waals surface area contributed by atoms with Crippen molar-refractivity contribution in [1.82, 2.24) is 13.8 Å². The average Bonchev–Trinajstić information content (AvgIpc) is 2.90. The smallest absolute Gasteiger partial charge is 0.331 e. The lowest BCUT2D eigenvalue weighted by molar-refractivity contribution is 0.257. The molecule has 0 atom stereocenters. The van der Waals surface area contributed by atoms with Gasteiger partial charge in [0.1, 0.15) is 0 Å². The van der Waals surface area contributed by atoms with Gasteiger partial charge >= 0.3 is 11.7 Å². The van der Waals surface area contributed by atoms with Crippen LogP contribution in [0.15, 0.2) is 40.1 Å². The Morgan fingerprint density at radius 2 is 1.79 bits per heavy atom. The van der Waals surface area contributed by atoms with Gasteiger partial charge in [-0.2, -0.15) is 0 Å². The van der Waals surface area contributed by atoms with E-state index in [9.17, 15) is 14.4 Å². The summed E-state index contributed by atoms with van der Waals surface area (Å²) in [5.74, 6) is 0. The summed E-state index contributed by atoms with van der Waals surface area (Å²) in [5.41, 5.74) is 9.42. The quantitative estimate of drug-likeness (QED) is 0.721. The van der Waals surface area contributed by atoms with E-state index >= 15 is 0 Å². The van der Waals surface area contributed by atoms with Gasteiger partial charge < -0.3 is 5.73 Å². The SMILES string of the molecule is Cc1ccccc1-c1c2c(=O)n(C)c(=O)n(C)c2cn1NC(N)=O. The number of nitrogens with two attached hydrogens (primary N) is 1. The molecule has 0 saturated heterocycles. The highest BCUT2D eigenvalue weighted by atomic mass is 16.2. The van der Waals surface area contributed by atoms with Crippen molar-refractivity contribution >= 4 is 16.9 Å². The van der Waals surface area contributed by atoms with E-state index in [4.69, 9.17) is 5.73 Å². The van der Waals surface area contributed by atoms with Gasteiger partial charge in [-0.15, -0.1) is 0 Å². The Morgan fingerprint density at radius 1 is 1.12 bits per heavy atom. The molecule has 3 N–H and O–H groups in total. The number of nitrogens with zero attached hydrogens (tertiary/aromatic N) is 3. The molecule has 0 aliphatic heterocycles. The van der Waals surface area contributed by atoms with E-state index in [0.717, 1.165) is 15.7 Å². The van der Waals surface area contributed by atoms with Gasteiger partial charge in [0, 0.05) is 19.7 Å². The van der Waals surface area contributed by atoms with Crippen molar-refractivity contribution in [3.05, 3.63) is 56.9 Å². The number of amides is 2. The number of urea groups is 1. The largest absolute Gasteiger partial charge is 0.350 e. The second kappa shape index (κ2) is 5.41. The van der Waals surface area contributed by atoms with E-state index in [2.05, 4.69) is 5.43 Å². The fourth-order valence-corrected chi connectivity index (χ4v) is 2.85. The van der Waals surface area contributed by atoms with E-state index in [1.807, 2.05) is 31.2 Å². The van der Waals surface area contributed by atoms with Gasteiger partial charge in [0.25, 0.3) is 5.56 Å². The van der Waals surface area contributed by atoms with E-state index in [1.165, 1.54) is 22.5 Å². The number of benzene rings is 1. The zero-order valence-electron chi connectivity index (χ0n) is 13.5. The maximum absolute atomic E-state index is 12.7. The molecule has 8 nitrogen and oxygen atoms in total. The summed E-state index contributed by atoms with van der Waals surface area (Å²) in [5, 5.41) is 0.336. The van der Waals surface area contributed by atoms with E-state index in [-0.39, 0.29) is 0 Å². The highest BCUT2D eigenvalue weighted by Gasteiger charge is 2.20. The predicted molar refractivity (Wildman–Crippen MR) is 91.5 cm³/mol. The zero-order valence-corrected chi connectivity index (χ0v) is 13.5. The molecule has 0 aliphatic carbocycles. The molecule has 0 aliphatic rings. The van der Waals surface area contributed by atoms with Crippen molar-refractivity contribution in [3.8, 4) is 11.3 Å². The summed E-state index contributed by atoms with van der Waals surface area (Å²) in [7, 11) is 2.99. The monoisotopic (exact) mass is 327 g/mol. The van der Waals surface area contributed by atoms with Crippen molar-refractivity contribution in [2.75, 3.05) is 5.43 Å². The third-order valence-electron chi connectivity index (χ3n) is 4.07. The van der Waals surface area contributed by atoms with Crippen LogP contribution >= 0.6 is 0 Å². The van der Waals surface area contributed by atoms with Gasteiger partial charge in [0.15, 0.2) is 0 Å². The number of fused-ring (bicyclic) bond motifs is 1. The summed E-state index contributed by atoms with van der Waals surface area (Å²) >= 11 is 0. The third kappa shape index (κ3) is 2.19. The van der Waals surface area contributed by atoms with Crippen LogP contribution in [0.25, 0.3) is 22.2 Å². The Bertz CT molecular complexity index is 1090. The molecule has 0 unspecified atom stereocenters. The number of hydrogen-bond donors (Lipinski definition) is 2. The summed E-state index contributed by atoms with van der Waals surface area (Å²) < 4.78 is 3.78. The first kappa shape index (κ1) is 15.6. The minimum Gasteiger partial charge on any atom is -0.350 e. The molecular weight excluding hydrogens is 310 g/mol. The van der Waals surface area contributed by atoms with Gasteiger partial charge in [0.05, 0.1) is 22.8 Å². The summed E-state index contributed by atoms with van der Waals surface area (Å²) in [6.07, 6.45) is 1.52. The molecule has 0 fully saturated rings. The Hall–Kier alpha value is -3.29. The van der Waals surface area contributed by atoms with Crippen molar-refractivity contribution in [2.24, 2.45) is 19.8 Å². The van der Waals surface area contributed by atoms with Crippen LogP contribution in [0.4, 0.5) is 4.79 Å². The van der Waals surface area contributed by atoms with Gasteiger partial charge in [0.2, 0.25) is 0 Å². The first-order valence-corrected chi connectivity index (χ1v) is 7.26. The highest BCUT2D eigenvalue weighted by molar-refractivity contribution is 5.96. The van der Waals surface area contributed by atoms with Gasteiger partial charge in [-0.25, -0.2) is 15.0 Å². The number of carbonyl (C=O) groups excluding carboxylic acids is 1. The van der Waals surface area contributed by atoms with Gasteiger partial charge in [-0.3, -0.25) is 18.6 Å². The van der Waals surface area contributed by atoms with Crippen LogP contribution in [0.1, 0.15) is 5.56 Å². The van der Waals surface area contributed by atoms with Gasteiger partial charge in [-0.1, -0.05) is 24.3 Å². The summed E-state index contributed by atoms with van der Waals surface area (Å²) in [6, 6.07) is 6.68. The Labute approximate surface area is 136 Å². The Kier molecular flexibility index (Phi) is 3.52. The van der Waals surface area contributed by atoms with Crippen molar-refractivity contribution in [3.63, 3.8) is 0 Å². The number of primary amides is 1. The van der Waals surface area contributed by atoms with Crippen LogP contribution in [0.3, 0.4) is 0 Å². The lowest BCUT2D eigenvalue weighted by Gasteiger charge is -2.11. The predicted octanol–water partition coefficient (Wildman–Crippen LogP) is 0.636. The number of rotatable bonds is 2. The second-order valence-corrected chi connectivity index (χ2v) is 5.60. The molecule has 2 aromatic heterocycles. The Balaban J connectivity index is 2.54. The standard InChI is InChI=1S/C16H17N5O3/c1-9-6-4-5-7-10(9)13-12-11(8-21(13)18-15(17)23)19(2)16(24)20(3)14(12)22/h4-8H,1-3H3,(H3,17,18,23). The lowest BCUT2D eigenvalue weighted by atomic mass is 10.0. The van der Waals surface area contributed by atoms with Crippen LogP contribution in [0, 0.1) is 6.92 Å². The van der Waals surface area contributed by atoms with Crippen LogP contribution in [0.5, 0.6) is 0 Å². The number of carbonyl (C=O) groups is 1. The fraction of sp³-hybridized carbons (Fsp3) is 0.188. The third-order valence-corrected chi connectivity index (χ3v) is 4.07. The van der Waals surface area contributed by atoms with E-state index in [0.29, 0.717) is 16.6 Å². The van der Waals surface area contributed by atoms with Crippen molar-refractivity contribution in [1.29, 1.82) is 0 Å². The molecule has 0 spiro atoms. The summed E-state index contributed by atoms with van der Waals surface area (Å²) in [6.45, 7) is 1.90.